The maximum atomic E-state index is 11.7. The summed E-state index contributed by atoms with van der Waals surface area (Å²) in [6.07, 6.45) is 0. The van der Waals surface area contributed by atoms with E-state index in [0.29, 0.717) is 5.02 Å². The van der Waals surface area contributed by atoms with E-state index in [4.69, 9.17) is 28.3 Å². The van der Waals surface area contributed by atoms with E-state index >= 15 is 0 Å². The van der Waals surface area contributed by atoms with Gasteiger partial charge in [-0.25, -0.2) is 0 Å². The molecule has 0 fully saturated rings. The molecular weight excluding hydrogens is 253 g/mol. The smallest absolute Gasteiger partial charge is 0.328 e. The zero-order valence-corrected chi connectivity index (χ0v) is 9.84. The highest BCUT2D eigenvalue weighted by Gasteiger charge is 2.25. The number of Topliss-reactive ketones (excluding diaryl/α,β-unsaturated/α-hetero) is 1. The van der Waals surface area contributed by atoms with Crippen LogP contribution in [0, 0.1) is 0 Å². The first-order valence-electron chi connectivity index (χ1n) is 4.36. The van der Waals surface area contributed by atoms with Crippen molar-refractivity contribution >= 4 is 35.0 Å². The van der Waals surface area contributed by atoms with E-state index < -0.39 is 17.8 Å². The molecule has 1 atom stereocenters. The fourth-order valence-electron chi connectivity index (χ4n) is 1.18. The summed E-state index contributed by atoms with van der Waals surface area (Å²) in [5, 5.41) is 11.7. The zero-order chi connectivity index (χ0) is 12.3. The van der Waals surface area contributed by atoms with Gasteiger partial charge in [-0.1, -0.05) is 23.2 Å². The third kappa shape index (κ3) is 2.72. The van der Waals surface area contributed by atoms with Gasteiger partial charge in [0.25, 0.3) is 0 Å². The number of aliphatic carboxylic acids is 1. The quantitative estimate of drug-likeness (QED) is 0.642. The van der Waals surface area contributed by atoms with E-state index in [1.54, 1.807) is 0 Å². The Morgan fingerprint density at radius 3 is 2.38 bits per heavy atom. The minimum atomic E-state index is -1.28. The second-order valence-electron chi connectivity index (χ2n) is 3.05. The van der Waals surface area contributed by atoms with Crippen LogP contribution in [0.5, 0.6) is 0 Å². The number of halogens is 2. The predicted molar refractivity (Wildman–Crippen MR) is 61.3 cm³/mol. The van der Waals surface area contributed by atoms with Gasteiger partial charge >= 0.3 is 5.97 Å². The van der Waals surface area contributed by atoms with E-state index in [1.165, 1.54) is 25.2 Å². The summed E-state index contributed by atoms with van der Waals surface area (Å²) < 4.78 is 0. The standard InChI is InChI=1S/C10H9Cl2NO3/c1-13-8(10(15)16)9(14)5-2-3-6(11)7(12)4-5/h2-4,8,13H,1H3,(H,15,16). The van der Waals surface area contributed by atoms with Crippen LogP contribution in [0.4, 0.5) is 0 Å². The van der Waals surface area contributed by atoms with Gasteiger partial charge in [-0.2, -0.15) is 0 Å². The van der Waals surface area contributed by atoms with Crippen LogP contribution >= 0.6 is 23.2 Å². The van der Waals surface area contributed by atoms with Gasteiger partial charge in [-0.3, -0.25) is 9.59 Å². The number of carboxylic acids is 1. The molecule has 0 aliphatic rings. The van der Waals surface area contributed by atoms with Crippen molar-refractivity contribution in [3.63, 3.8) is 0 Å². The topological polar surface area (TPSA) is 66.4 Å². The van der Waals surface area contributed by atoms with Gasteiger partial charge in [-0.05, 0) is 25.2 Å². The van der Waals surface area contributed by atoms with Crippen molar-refractivity contribution in [2.24, 2.45) is 0 Å². The number of hydrogen-bond donors (Lipinski definition) is 2. The second kappa shape index (κ2) is 5.30. The van der Waals surface area contributed by atoms with Gasteiger partial charge in [0.2, 0.25) is 0 Å². The van der Waals surface area contributed by atoms with Gasteiger partial charge in [0.1, 0.15) is 0 Å². The van der Waals surface area contributed by atoms with Gasteiger partial charge in [0.05, 0.1) is 10.0 Å². The Balaban J connectivity index is 3.04. The Bertz CT molecular complexity index is 434. The molecule has 1 rings (SSSR count). The van der Waals surface area contributed by atoms with Gasteiger partial charge in [0.15, 0.2) is 11.8 Å². The summed E-state index contributed by atoms with van der Waals surface area (Å²) in [5.74, 6) is -1.80. The molecule has 0 bridgehead atoms. The number of ketones is 1. The number of benzene rings is 1. The summed E-state index contributed by atoms with van der Waals surface area (Å²) in [5.41, 5.74) is 0.205. The van der Waals surface area contributed by atoms with Crippen molar-refractivity contribution < 1.29 is 14.7 Å². The molecule has 0 spiro atoms. The third-order valence-corrected chi connectivity index (χ3v) is 2.74. The van der Waals surface area contributed by atoms with E-state index in [-0.39, 0.29) is 10.6 Å². The maximum Gasteiger partial charge on any atom is 0.328 e. The molecule has 0 radical (unpaired) electrons. The number of nitrogens with one attached hydrogen (secondary N) is 1. The third-order valence-electron chi connectivity index (χ3n) is 2.00. The Morgan fingerprint density at radius 1 is 1.31 bits per heavy atom. The van der Waals surface area contributed by atoms with Crippen molar-refractivity contribution in [3.05, 3.63) is 33.8 Å². The maximum absolute atomic E-state index is 11.7. The lowest BCUT2D eigenvalue weighted by Gasteiger charge is -2.10. The largest absolute Gasteiger partial charge is 0.480 e. The molecule has 86 valence electrons. The van der Waals surface area contributed by atoms with E-state index in [1.807, 2.05) is 0 Å². The van der Waals surface area contributed by atoms with Crippen LogP contribution in [-0.4, -0.2) is 29.9 Å². The summed E-state index contributed by atoms with van der Waals surface area (Å²) in [6, 6.07) is 2.95. The number of carbonyl (C=O) groups is 2. The fourth-order valence-corrected chi connectivity index (χ4v) is 1.48. The highest BCUT2D eigenvalue weighted by Crippen LogP contribution is 2.23. The fraction of sp³-hybridized carbons (Fsp3) is 0.200. The summed E-state index contributed by atoms with van der Waals surface area (Å²) in [7, 11) is 1.40. The Kier molecular flexibility index (Phi) is 4.29. The van der Waals surface area contributed by atoms with E-state index in [0.717, 1.165) is 0 Å². The van der Waals surface area contributed by atoms with Crippen molar-refractivity contribution in [3.8, 4) is 0 Å². The summed E-state index contributed by atoms with van der Waals surface area (Å²) in [4.78, 5) is 22.5. The van der Waals surface area contributed by atoms with Crippen molar-refractivity contribution in [2.75, 3.05) is 7.05 Å². The van der Waals surface area contributed by atoms with Gasteiger partial charge < -0.3 is 10.4 Å². The molecular formula is C10H9Cl2NO3. The minimum Gasteiger partial charge on any atom is -0.480 e. The zero-order valence-electron chi connectivity index (χ0n) is 8.33. The van der Waals surface area contributed by atoms with Crippen molar-refractivity contribution in [1.29, 1.82) is 0 Å². The molecule has 1 unspecified atom stereocenters. The highest BCUT2D eigenvalue weighted by atomic mass is 35.5. The summed E-state index contributed by atoms with van der Waals surface area (Å²) >= 11 is 11.4. The molecule has 0 saturated carbocycles. The predicted octanol–water partition coefficient (Wildman–Crippen LogP) is 1.85. The molecule has 6 heteroatoms. The molecule has 0 aliphatic heterocycles. The number of rotatable bonds is 4. The van der Waals surface area contributed by atoms with Crippen molar-refractivity contribution in [1.82, 2.24) is 5.32 Å². The van der Waals surface area contributed by atoms with Crippen LogP contribution in [-0.2, 0) is 4.79 Å². The molecule has 0 aromatic heterocycles. The van der Waals surface area contributed by atoms with Gasteiger partial charge in [0, 0.05) is 5.56 Å². The Morgan fingerprint density at radius 2 is 1.94 bits per heavy atom. The average Bonchev–Trinajstić information content (AvgIpc) is 2.22. The molecule has 16 heavy (non-hydrogen) atoms. The normalized spacial score (nSPS) is 12.2. The number of carbonyl (C=O) groups excluding carboxylic acids is 1. The SMILES string of the molecule is CNC(C(=O)O)C(=O)c1ccc(Cl)c(Cl)c1. The van der Waals surface area contributed by atoms with Gasteiger partial charge in [-0.15, -0.1) is 0 Å². The van der Waals surface area contributed by atoms with Crippen LogP contribution in [0.25, 0.3) is 0 Å². The van der Waals surface area contributed by atoms with Crippen LogP contribution in [0.15, 0.2) is 18.2 Å². The van der Waals surface area contributed by atoms with Crippen LogP contribution in [0.2, 0.25) is 10.0 Å². The molecule has 4 nitrogen and oxygen atoms in total. The molecule has 0 amide bonds. The second-order valence-corrected chi connectivity index (χ2v) is 3.87. The van der Waals surface area contributed by atoms with Crippen LogP contribution in [0.1, 0.15) is 10.4 Å². The molecule has 2 N–H and O–H groups in total. The molecule has 0 saturated heterocycles. The van der Waals surface area contributed by atoms with Crippen molar-refractivity contribution in [2.45, 2.75) is 6.04 Å². The van der Waals surface area contributed by atoms with Crippen LogP contribution < -0.4 is 5.32 Å². The molecule has 1 aromatic rings. The van der Waals surface area contributed by atoms with E-state index in [2.05, 4.69) is 5.32 Å². The van der Waals surface area contributed by atoms with E-state index in [9.17, 15) is 9.59 Å². The molecule has 1 aromatic carbocycles. The lowest BCUT2D eigenvalue weighted by molar-refractivity contribution is -0.137. The Hall–Kier alpha value is -1.10. The first-order chi connectivity index (χ1) is 7.47. The first kappa shape index (κ1) is 13.0. The molecule has 0 aliphatic carbocycles. The number of carboxylic acid groups (broad SMARTS) is 1. The monoisotopic (exact) mass is 261 g/mol. The minimum absolute atomic E-state index is 0.205. The Labute approximate surface area is 102 Å². The molecule has 0 heterocycles. The first-order valence-corrected chi connectivity index (χ1v) is 5.12. The highest BCUT2D eigenvalue weighted by molar-refractivity contribution is 6.42. The number of hydrogen-bond acceptors (Lipinski definition) is 3. The average molecular weight is 262 g/mol. The lowest BCUT2D eigenvalue weighted by atomic mass is 10.0. The lowest BCUT2D eigenvalue weighted by Crippen LogP contribution is -2.41. The summed E-state index contributed by atoms with van der Waals surface area (Å²) in [6.45, 7) is 0. The van der Waals surface area contributed by atoms with Crippen LogP contribution in [0.3, 0.4) is 0 Å². The number of likely N-dealkylation sites (N-methyl/N-ethyl adjacent to an activating group) is 1.